The summed E-state index contributed by atoms with van der Waals surface area (Å²) in [7, 11) is 1.41. The Morgan fingerprint density at radius 1 is 1.05 bits per heavy atom. The van der Waals surface area contributed by atoms with Gasteiger partial charge in [-0.25, -0.2) is 4.79 Å². The second-order valence-electron chi connectivity index (χ2n) is 4.15. The number of aromatic hydroxyl groups is 1. The molecule has 21 heavy (non-hydrogen) atoms. The Bertz CT molecular complexity index is 595. The zero-order chi connectivity index (χ0) is 15.1. The van der Waals surface area contributed by atoms with E-state index in [2.05, 4.69) is 0 Å². The summed E-state index contributed by atoms with van der Waals surface area (Å²) in [6.07, 6.45) is 0. The highest BCUT2D eigenvalue weighted by Gasteiger charge is 2.15. The summed E-state index contributed by atoms with van der Waals surface area (Å²) >= 11 is 0. The number of phenolic OH excluding ortho intramolecular Hbond substituents is 1. The summed E-state index contributed by atoms with van der Waals surface area (Å²) in [6.45, 7) is 0.324. The van der Waals surface area contributed by atoms with Crippen LogP contribution in [0.3, 0.4) is 0 Å². The van der Waals surface area contributed by atoms with E-state index >= 15 is 0 Å². The van der Waals surface area contributed by atoms with Crippen molar-refractivity contribution in [1.82, 2.24) is 0 Å². The van der Waals surface area contributed by atoms with Crippen molar-refractivity contribution in [1.29, 1.82) is 0 Å². The molecule has 0 bridgehead atoms. The van der Waals surface area contributed by atoms with Gasteiger partial charge < -0.3 is 19.3 Å². The van der Waals surface area contributed by atoms with Crippen LogP contribution in [0.5, 0.6) is 17.2 Å². The maximum absolute atomic E-state index is 11.9. The van der Waals surface area contributed by atoms with Gasteiger partial charge in [-0.1, -0.05) is 24.3 Å². The second-order valence-corrected chi connectivity index (χ2v) is 4.15. The molecule has 0 heterocycles. The molecule has 0 amide bonds. The van der Waals surface area contributed by atoms with Crippen molar-refractivity contribution in [2.75, 3.05) is 20.3 Å². The van der Waals surface area contributed by atoms with Crippen LogP contribution in [0.25, 0.3) is 0 Å². The van der Waals surface area contributed by atoms with E-state index in [0.29, 0.717) is 5.75 Å². The Balaban J connectivity index is 1.85. The van der Waals surface area contributed by atoms with Crippen molar-refractivity contribution in [2.45, 2.75) is 0 Å². The highest BCUT2D eigenvalue weighted by Crippen LogP contribution is 2.29. The lowest BCUT2D eigenvalue weighted by molar-refractivity contribution is 0.0446. The van der Waals surface area contributed by atoms with Gasteiger partial charge >= 0.3 is 5.97 Å². The second kappa shape index (κ2) is 7.19. The van der Waals surface area contributed by atoms with Crippen molar-refractivity contribution in [3.63, 3.8) is 0 Å². The number of benzene rings is 2. The topological polar surface area (TPSA) is 65.0 Å². The number of esters is 1. The van der Waals surface area contributed by atoms with E-state index in [-0.39, 0.29) is 30.3 Å². The van der Waals surface area contributed by atoms with E-state index in [1.807, 2.05) is 30.3 Å². The number of methoxy groups -OCH3 is 1. The fourth-order valence-corrected chi connectivity index (χ4v) is 1.74. The zero-order valence-electron chi connectivity index (χ0n) is 11.6. The van der Waals surface area contributed by atoms with Gasteiger partial charge in [0.1, 0.15) is 24.5 Å². The van der Waals surface area contributed by atoms with Crippen molar-refractivity contribution in [3.8, 4) is 17.2 Å². The fraction of sp³-hybridized carbons (Fsp3) is 0.188. The Kier molecular flexibility index (Phi) is 5.04. The van der Waals surface area contributed by atoms with E-state index in [9.17, 15) is 9.90 Å². The van der Waals surface area contributed by atoms with Crippen LogP contribution < -0.4 is 9.47 Å². The first kappa shape index (κ1) is 14.7. The zero-order valence-corrected chi connectivity index (χ0v) is 11.6. The van der Waals surface area contributed by atoms with Crippen molar-refractivity contribution in [3.05, 3.63) is 54.1 Å². The molecular formula is C16H16O5. The fourth-order valence-electron chi connectivity index (χ4n) is 1.74. The van der Waals surface area contributed by atoms with Crippen LogP contribution in [0, 0.1) is 0 Å². The average Bonchev–Trinajstić information content (AvgIpc) is 2.52. The van der Waals surface area contributed by atoms with E-state index in [0.717, 1.165) is 0 Å². The molecule has 0 aliphatic rings. The normalized spacial score (nSPS) is 9.95. The molecule has 0 radical (unpaired) electrons. The van der Waals surface area contributed by atoms with Gasteiger partial charge in [-0.15, -0.1) is 0 Å². The predicted octanol–water partition coefficient (Wildman–Crippen LogP) is 2.64. The van der Waals surface area contributed by atoms with Crippen molar-refractivity contribution >= 4 is 5.97 Å². The largest absolute Gasteiger partial charge is 0.504 e. The van der Waals surface area contributed by atoms with Crippen molar-refractivity contribution < 1.29 is 24.1 Å². The molecule has 5 heteroatoms. The third kappa shape index (κ3) is 3.89. The summed E-state index contributed by atoms with van der Waals surface area (Å²) < 4.78 is 15.4. The van der Waals surface area contributed by atoms with Gasteiger partial charge in [0.2, 0.25) is 0 Å². The molecule has 0 aliphatic heterocycles. The molecule has 2 aromatic rings. The van der Waals surface area contributed by atoms with Gasteiger partial charge in [0.05, 0.1) is 7.11 Å². The number of ether oxygens (including phenoxy) is 3. The molecule has 0 saturated carbocycles. The maximum atomic E-state index is 11.9. The molecule has 0 saturated heterocycles. The number of carbonyl (C=O) groups is 1. The monoisotopic (exact) mass is 288 g/mol. The SMILES string of the molecule is COc1cccc(C(=O)OCCOc2ccccc2)c1O. The molecule has 110 valence electrons. The third-order valence-corrected chi connectivity index (χ3v) is 2.77. The Morgan fingerprint density at radius 2 is 1.81 bits per heavy atom. The standard InChI is InChI=1S/C16H16O5/c1-19-14-9-5-8-13(15(14)17)16(18)21-11-10-20-12-6-3-2-4-7-12/h2-9,17H,10-11H2,1H3. The first-order valence-corrected chi connectivity index (χ1v) is 6.43. The summed E-state index contributed by atoms with van der Waals surface area (Å²) in [6, 6.07) is 13.9. The summed E-state index contributed by atoms with van der Waals surface area (Å²) in [5.41, 5.74) is 0.0639. The van der Waals surface area contributed by atoms with E-state index < -0.39 is 5.97 Å². The minimum Gasteiger partial charge on any atom is -0.504 e. The number of para-hydroxylation sites is 2. The van der Waals surface area contributed by atoms with Gasteiger partial charge in [0.25, 0.3) is 0 Å². The van der Waals surface area contributed by atoms with Crippen LogP contribution in [0.1, 0.15) is 10.4 Å². The lowest BCUT2D eigenvalue weighted by Gasteiger charge is -2.09. The minimum atomic E-state index is -0.622. The molecule has 2 aromatic carbocycles. The smallest absolute Gasteiger partial charge is 0.342 e. The number of hydrogen-bond donors (Lipinski definition) is 1. The minimum absolute atomic E-state index is 0.0639. The van der Waals surface area contributed by atoms with Gasteiger partial charge in [0, 0.05) is 0 Å². The summed E-state index contributed by atoms with van der Waals surface area (Å²) in [4.78, 5) is 11.9. The van der Waals surface area contributed by atoms with Gasteiger partial charge in [-0.05, 0) is 24.3 Å². The molecule has 0 fully saturated rings. The van der Waals surface area contributed by atoms with E-state index in [1.165, 1.54) is 13.2 Å². The molecule has 1 N–H and O–H groups in total. The third-order valence-electron chi connectivity index (χ3n) is 2.77. The quantitative estimate of drug-likeness (QED) is 0.654. The lowest BCUT2D eigenvalue weighted by Crippen LogP contribution is -2.12. The molecule has 0 aliphatic carbocycles. The summed E-state index contributed by atoms with van der Waals surface area (Å²) in [5, 5.41) is 9.84. The van der Waals surface area contributed by atoms with E-state index in [4.69, 9.17) is 14.2 Å². The first-order chi connectivity index (χ1) is 10.2. The Labute approximate surface area is 122 Å². The van der Waals surface area contributed by atoms with E-state index in [1.54, 1.807) is 12.1 Å². The number of carbonyl (C=O) groups excluding carboxylic acids is 1. The highest BCUT2D eigenvalue weighted by molar-refractivity contribution is 5.93. The Hall–Kier alpha value is -2.69. The highest BCUT2D eigenvalue weighted by atomic mass is 16.6. The van der Waals surface area contributed by atoms with Crippen LogP contribution in [-0.4, -0.2) is 31.4 Å². The molecular weight excluding hydrogens is 272 g/mol. The van der Waals surface area contributed by atoms with Crippen molar-refractivity contribution in [2.24, 2.45) is 0 Å². The molecule has 0 atom stereocenters. The predicted molar refractivity (Wildman–Crippen MR) is 76.9 cm³/mol. The van der Waals surface area contributed by atoms with Gasteiger partial charge in [0.15, 0.2) is 11.5 Å². The lowest BCUT2D eigenvalue weighted by atomic mass is 10.2. The number of phenols is 1. The van der Waals surface area contributed by atoms with Crippen LogP contribution >= 0.6 is 0 Å². The summed E-state index contributed by atoms with van der Waals surface area (Å²) in [5.74, 6) is 0.0831. The molecule has 5 nitrogen and oxygen atoms in total. The molecule has 0 aromatic heterocycles. The molecule has 2 rings (SSSR count). The maximum Gasteiger partial charge on any atom is 0.342 e. The Morgan fingerprint density at radius 3 is 2.52 bits per heavy atom. The van der Waals surface area contributed by atoms with Crippen LogP contribution in [0.15, 0.2) is 48.5 Å². The number of rotatable bonds is 6. The number of hydrogen-bond acceptors (Lipinski definition) is 5. The van der Waals surface area contributed by atoms with Gasteiger partial charge in [-0.3, -0.25) is 0 Å². The van der Waals surface area contributed by atoms with Gasteiger partial charge in [-0.2, -0.15) is 0 Å². The van der Waals surface area contributed by atoms with Crippen LogP contribution in [0.4, 0.5) is 0 Å². The molecule has 0 unspecified atom stereocenters. The first-order valence-electron chi connectivity index (χ1n) is 6.43. The average molecular weight is 288 g/mol. The van der Waals surface area contributed by atoms with Crippen LogP contribution in [0.2, 0.25) is 0 Å². The molecule has 0 spiro atoms. The van der Waals surface area contributed by atoms with Crippen LogP contribution in [-0.2, 0) is 4.74 Å².